The summed E-state index contributed by atoms with van der Waals surface area (Å²) in [4.78, 5) is 4.29. The summed E-state index contributed by atoms with van der Waals surface area (Å²) in [6.07, 6.45) is 1.01. The number of rotatable bonds is 4. The van der Waals surface area contributed by atoms with Gasteiger partial charge >= 0.3 is 0 Å². The number of hydrogen-bond donors (Lipinski definition) is 0. The smallest absolute Gasteiger partial charge is 0.221 e. The summed E-state index contributed by atoms with van der Waals surface area (Å²) in [7, 11) is 0. The van der Waals surface area contributed by atoms with E-state index in [0.717, 1.165) is 24.1 Å². The van der Waals surface area contributed by atoms with E-state index in [2.05, 4.69) is 11.9 Å². The van der Waals surface area contributed by atoms with Crippen LogP contribution < -0.4 is 0 Å². The summed E-state index contributed by atoms with van der Waals surface area (Å²) in [5.74, 6) is 0.652. The van der Waals surface area contributed by atoms with Gasteiger partial charge in [0.25, 0.3) is 0 Å². The molecule has 0 aliphatic rings. The average molecular weight is 191 g/mol. The van der Waals surface area contributed by atoms with Gasteiger partial charge in [-0.3, -0.25) is 0 Å². The van der Waals surface area contributed by atoms with Crippen molar-refractivity contribution in [1.82, 2.24) is 4.98 Å². The van der Waals surface area contributed by atoms with Gasteiger partial charge in [0.15, 0.2) is 5.58 Å². The van der Waals surface area contributed by atoms with E-state index in [-0.39, 0.29) is 0 Å². The quantitative estimate of drug-likeness (QED) is 0.697. The van der Waals surface area contributed by atoms with Gasteiger partial charge in [-0.25, -0.2) is 4.98 Å². The highest BCUT2D eigenvalue weighted by Crippen LogP contribution is 2.14. The summed E-state index contributed by atoms with van der Waals surface area (Å²) >= 11 is 0. The third kappa shape index (κ3) is 1.93. The van der Waals surface area contributed by atoms with E-state index < -0.39 is 0 Å². The molecule has 0 atom stereocenters. The molecule has 0 amide bonds. The number of fused-ring (bicyclic) bond motifs is 1. The van der Waals surface area contributed by atoms with E-state index in [0.29, 0.717) is 12.5 Å². The fourth-order valence-electron chi connectivity index (χ4n) is 1.29. The molecule has 2 aromatic rings. The number of para-hydroxylation sites is 2. The monoisotopic (exact) mass is 191 g/mol. The summed E-state index contributed by atoms with van der Waals surface area (Å²) < 4.78 is 10.8. The molecule has 0 unspecified atom stereocenters. The number of nitrogens with zero attached hydrogens (tertiary/aromatic N) is 1. The SMILES string of the molecule is CCCOCc1nc2ccccc2o1. The molecule has 0 saturated carbocycles. The van der Waals surface area contributed by atoms with Crippen LogP contribution in [-0.4, -0.2) is 11.6 Å². The van der Waals surface area contributed by atoms with Crippen molar-refractivity contribution in [2.24, 2.45) is 0 Å². The normalized spacial score (nSPS) is 10.9. The fraction of sp³-hybridized carbons (Fsp3) is 0.364. The fourth-order valence-corrected chi connectivity index (χ4v) is 1.29. The molecular formula is C11H13NO2. The number of aromatic nitrogens is 1. The molecule has 0 fully saturated rings. The zero-order chi connectivity index (χ0) is 9.80. The molecule has 74 valence electrons. The van der Waals surface area contributed by atoms with Crippen molar-refractivity contribution in [2.75, 3.05) is 6.61 Å². The molecule has 2 rings (SSSR count). The van der Waals surface area contributed by atoms with Gasteiger partial charge in [-0.2, -0.15) is 0 Å². The van der Waals surface area contributed by atoms with Gasteiger partial charge in [0.1, 0.15) is 12.1 Å². The molecule has 1 aromatic heterocycles. The van der Waals surface area contributed by atoms with Crippen molar-refractivity contribution < 1.29 is 9.15 Å². The maximum atomic E-state index is 5.48. The Bertz CT molecular complexity index is 375. The standard InChI is InChI=1S/C11H13NO2/c1-2-7-13-8-11-12-9-5-3-4-6-10(9)14-11/h3-6H,2,7-8H2,1H3. The first-order valence-electron chi connectivity index (χ1n) is 4.82. The number of oxazole rings is 1. The zero-order valence-electron chi connectivity index (χ0n) is 8.19. The van der Waals surface area contributed by atoms with Crippen LogP contribution in [0.5, 0.6) is 0 Å². The zero-order valence-corrected chi connectivity index (χ0v) is 8.19. The first-order chi connectivity index (χ1) is 6.90. The Hall–Kier alpha value is -1.35. The minimum atomic E-state index is 0.461. The van der Waals surface area contributed by atoms with Crippen LogP contribution >= 0.6 is 0 Å². The van der Waals surface area contributed by atoms with Crippen molar-refractivity contribution >= 4 is 11.1 Å². The largest absolute Gasteiger partial charge is 0.438 e. The molecule has 0 spiro atoms. The van der Waals surface area contributed by atoms with E-state index in [1.54, 1.807) is 0 Å². The molecular weight excluding hydrogens is 178 g/mol. The Balaban J connectivity index is 2.11. The number of hydrogen-bond acceptors (Lipinski definition) is 3. The van der Waals surface area contributed by atoms with Crippen molar-refractivity contribution in [1.29, 1.82) is 0 Å². The van der Waals surface area contributed by atoms with E-state index in [9.17, 15) is 0 Å². The van der Waals surface area contributed by atoms with Gasteiger partial charge in [0.2, 0.25) is 5.89 Å². The summed E-state index contributed by atoms with van der Waals surface area (Å²) in [5.41, 5.74) is 1.71. The van der Waals surface area contributed by atoms with Crippen LogP contribution in [0.4, 0.5) is 0 Å². The summed E-state index contributed by atoms with van der Waals surface area (Å²) in [6.45, 7) is 3.29. The van der Waals surface area contributed by atoms with Gasteiger partial charge in [-0.1, -0.05) is 19.1 Å². The predicted molar refractivity (Wildman–Crippen MR) is 54.0 cm³/mol. The third-order valence-corrected chi connectivity index (χ3v) is 1.91. The van der Waals surface area contributed by atoms with Crippen molar-refractivity contribution in [3.05, 3.63) is 30.2 Å². The Labute approximate surface area is 82.7 Å². The van der Waals surface area contributed by atoms with Crippen LogP contribution in [0.1, 0.15) is 19.2 Å². The Morgan fingerprint density at radius 1 is 1.36 bits per heavy atom. The molecule has 0 radical (unpaired) electrons. The van der Waals surface area contributed by atoms with Gasteiger partial charge < -0.3 is 9.15 Å². The lowest BCUT2D eigenvalue weighted by Gasteiger charge is -1.96. The Kier molecular flexibility index (Phi) is 2.79. The molecule has 14 heavy (non-hydrogen) atoms. The molecule has 0 saturated heterocycles. The molecule has 3 nitrogen and oxygen atoms in total. The second-order valence-corrected chi connectivity index (χ2v) is 3.13. The second kappa shape index (κ2) is 4.24. The van der Waals surface area contributed by atoms with Gasteiger partial charge in [0, 0.05) is 6.61 Å². The third-order valence-electron chi connectivity index (χ3n) is 1.91. The average Bonchev–Trinajstić information content (AvgIpc) is 2.60. The molecule has 1 heterocycles. The minimum Gasteiger partial charge on any atom is -0.438 e. The van der Waals surface area contributed by atoms with Crippen LogP contribution in [0.15, 0.2) is 28.7 Å². The molecule has 1 aromatic carbocycles. The second-order valence-electron chi connectivity index (χ2n) is 3.13. The molecule has 0 bridgehead atoms. The molecule has 0 aliphatic heterocycles. The van der Waals surface area contributed by atoms with Crippen LogP contribution in [-0.2, 0) is 11.3 Å². The Morgan fingerprint density at radius 2 is 2.21 bits per heavy atom. The lowest BCUT2D eigenvalue weighted by molar-refractivity contribution is 0.104. The molecule has 0 N–H and O–H groups in total. The first-order valence-corrected chi connectivity index (χ1v) is 4.82. The van der Waals surface area contributed by atoms with E-state index in [4.69, 9.17) is 9.15 Å². The van der Waals surface area contributed by atoms with Crippen molar-refractivity contribution in [2.45, 2.75) is 20.0 Å². The highest BCUT2D eigenvalue weighted by Gasteiger charge is 2.03. The van der Waals surface area contributed by atoms with E-state index >= 15 is 0 Å². The van der Waals surface area contributed by atoms with Crippen molar-refractivity contribution in [3.8, 4) is 0 Å². The van der Waals surface area contributed by atoms with Crippen LogP contribution in [0.3, 0.4) is 0 Å². The van der Waals surface area contributed by atoms with Gasteiger partial charge in [-0.15, -0.1) is 0 Å². The minimum absolute atomic E-state index is 0.461. The van der Waals surface area contributed by atoms with Crippen molar-refractivity contribution in [3.63, 3.8) is 0 Å². The number of ether oxygens (including phenoxy) is 1. The predicted octanol–water partition coefficient (Wildman–Crippen LogP) is 2.75. The summed E-state index contributed by atoms with van der Waals surface area (Å²) in [5, 5.41) is 0. The highest BCUT2D eigenvalue weighted by atomic mass is 16.5. The number of benzene rings is 1. The van der Waals surface area contributed by atoms with Gasteiger partial charge in [0.05, 0.1) is 0 Å². The topological polar surface area (TPSA) is 35.3 Å². The first kappa shape index (κ1) is 9.21. The summed E-state index contributed by atoms with van der Waals surface area (Å²) in [6, 6.07) is 7.72. The van der Waals surface area contributed by atoms with Crippen LogP contribution in [0.25, 0.3) is 11.1 Å². The van der Waals surface area contributed by atoms with Crippen LogP contribution in [0, 0.1) is 0 Å². The Morgan fingerprint density at radius 3 is 3.00 bits per heavy atom. The van der Waals surface area contributed by atoms with Crippen LogP contribution in [0.2, 0.25) is 0 Å². The lowest BCUT2D eigenvalue weighted by Crippen LogP contribution is -1.93. The van der Waals surface area contributed by atoms with Gasteiger partial charge in [-0.05, 0) is 18.6 Å². The molecule has 3 heteroatoms. The molecule has 0 aliphatic carbocycles. The maximum absolute atomic E-state index is 5.48. The van der Waals surface area contributed by atoms with E-state index in [1.165, 1.54) is 0 Å². The van der Waals surface area contributed by atoms with E-state index in [1.807, 2.05) is 24.3 Å². The maximum Gasteiger partial charge on any atom is 0.221 e. The highest BCUT2D eigenvalue weighted by molar-refractivity contribution is 5.72. The lowest BCUT2D eigenvalue weighted by atomic mass is 10.3.